The van der Waals surface area contributed by atoms with E-state index in [1.165, 1.54) is 17.4 Å². The lowest BCUT2D eigenvalue weighted by molar-refractivity contribution is 0.0943. The summed E-state index contributed by atoms with van der Waals surface area (Å²) in [6.07, 6.45) is 0. The molecule has 25 heavy (non-hydrogen) atoms. The Labute approximate surface area is 149 Å². The van der Waals surface area contributed by atoms with E-state index in [1.54, 1.807) is 0 Å². The van der Waals surface area contributed by atoms with Crippen LogP contribution in [0.4, 0.5) is 0 Å². The number of aromatic amines is 1. The molecule has 3 aromatic rings. The van der Waals surface area contributed by atoms with Gasteiger partial charge in [-0.1, -0.05) is 30.3 Å². The SMILES string of the molecule is Cc1cc(=O)[nH]nc1-c1sc(C(=O)NC(C)C)nc1-c1ccccc1. The van der Waals surface area contributed by atoms with Gasteiger partial charge in [0.15, 0.2) is 5.01 Å². The molecule has 0 fully saturated rings. The fourth-order valence-electron chi connectivity index (χ4n) is 2.42. The van der Waals surface area contributed by atoms with Crippen LogP contribution in [-0.2, 0) is 0 Å². The first-order valence-corrected chi connectivity index (χ1v) is 8.71. The first-order valence-electron chi connectivity index (χ1n) is 7.89. The van der Waals surface area contributed by atoms with Crippen LogP contribution in [0.2, 0.25) is 0 Å². The summed E-state index contributed by atoms with van der Waals surface area (Å²) in [6, 6.07) is 11.1. The second kappa shape index (κ2) is 6.98. The molecule has 0 saturated carbocycles. The lowest BCUT2D eigenvalue weighted by atomic mass is 10.1. The molecule has 0 aliphatic carbocycles. The average molecular weight is 354 g/mol. The van der Waals surface area contributed by atoms with E-state index >= 15 is 0 Å². The summed E-state index contributed by atoms with van der Waals surface area (Å²) >= 11 is 1.27. The zero-order chi connectivity index (χ0) is 18.0. The van der Waals surface area contributed by atoms with Gasteiger partial charge in [-0.05, 0) is 26.3 Å². The lowest BCUT2D eigenvalue weighted by Gasteiger charge is -2.04. The number of aromatic nitrogens is 3. The predicted octanol–water partition coefficient (Wildman–Crippen LogP) is 3.01. The molecule has 6 nitrogen and oxygen atoms in total. The van der Waals surface area contributed by atoms with Gasteiger partial charge in [0.05, 0.1) is 10.6 Å². The smallest absolute Gasteiger partial charge is 0.280 e. The summed E-state index contributed by atoms with van der Waals surface area (Å²) in [6.45, 7) is 5.62. The monoisotopic (exact) mass is 354 g/mol. The summed E-state index contributed by atoms with van der Waals surface area (Å²) in [4.78, 5) is 29.2. The first-order chi connectivity index (χ1) is 12.0. The van der Waals surface area contributed by atoms with Gasteiger partial charge >= 0.3 is 0 Å². The molecule has 2 heterocycles. The topological polar surface area (TPSA) is 87.7 Å². The minimum absolute atomic E-state index is 0.0213. The Kier molecular flexibility index (Phi) is 4.76. The number of nitrogens with zero attached hydrogens (tertiary/aromatic N) is 2. The van der Waals surface area contributed by atoms with E-state index in [-0.39, 0.29) is 17.5 Å². The zero-order valence-corrected chi connectivity index (χ0v) is 15.0. The second-order valence-corrected chi connectivity index (χ2v) is 6.95. The van der Waals surface area contributed by atoms with Crippen molar-refractivity contribution in [1.82, 2.24) is 20.5 Å². The molecule has 0 radical (unpaired) electrons. The van der Waals surface area contributed by atoms with Crippen LogP contribution in [0.5, 0.6) is 0 Å². The third kappa shape index (κ3) is 3.66. The highest BCUT2D eigenvalue weighted by Crippen LogP contribution is 2.36. The predicted molar refractivity (Wildman–Crippen MR) is 98.7 cm³/mol. The van der Waals surface area contributed by atoms with E-state index in [2.05, 4.69) is 20.5 Å². The van der Waals surface area contributed by atoms with E-state index in [1.807, 2.05) is 51.1 Å². The maximum Gasteiger partial charge on any atom is 0.280 e. The molecule has 0 aliphatic heterocycles. The summed E-state index contributed by atoms with van der Waals surface area (Å²) in [5, 5.41) is 9.86. The molecule has 128 valence electrons. The summed E-state index contributed by atoms with van der Waals surface area (Å²) in [5.74, 6) is -0.217. The number of amides is 1. The van der Waals surface area contributed by atoms with Gasteiger partial charge in [0.2, 0.25) is 0 Å². The van der Waals surface area contributed by atoms with E-state index in [0.29, 0.717) is 16.4 Å². The highest BCUT2D eigenvalue weighted by Gasteiger charge is 2.21. The molecule has 0 spiro atoms. The van der Waals surface area contributed by atoms with E-state index in [9.17, 15) is 9.59 Å². The highest BCUT2D eigenvalue weighted by molar-refractivity contribution is 7.17. The number of aryl methyl sites for hydroxylation is 1. The molecule has 0 atom stereocenters. The number of nitrogens with one attached hydrogen (secondary N) is 2. The van der Waals surface area contributed by atoms with Crippen molar-refractivity contribution < 1.29 is 4.79 Å². The van der Waals surface area contributed by atoms with Crippen molar-refractivity contribution in [2.75, 3.05) is 0 Å². The van der Waals surface area contributed by atoms with Crippen molar-refractivity contribution in [3.05, 3.63) is 57.3 Å². The number of rotatable bonds is 4. The second-order valence-electron chi connectivity index (χ2n) is 5.95. The number of carbonyl (C=O) groups is 1. The van der Waals surface area contributed by atoms with Crippen molar-refractivity contribution >= 4 is 17.2 Å². The third-order valence-corrected chi connectivity index (χ3v) is 4.56. The summed E-state index contributed by atoms with van der Waals surface area (Å²) in [5.41, 5.74) is 2.68. The molecule has 0 bridgehead atoms. The largest absolute Gasteiger partial charge is 0.348 e. The molecule has 2 N–H and O–H groups in total. The fourth-order valence-corrected chi connectivity index (χ4v) is 3.47. The van der Waals surface area contributed by atoms with E-state index in [4.69, 9.17) is 0 Å². The van der Waals surface area contributed by atoms with Crippen LogP contribution in [0, 0.1) is 6.92 Å². The van der Waals surface area contributed by atoms with Gasteiger partial charge in [-0.3, -0.25) is 9.59 Å². The standard InChI is InChI=1S/C18H18N4O2S/c1-10(2)19-17(24)18-20-15(12-7-5-4-6-8-12)16(25-18)14-11(3)9-13(23)21-22-14/h4-10H,1-3H3,(H,19,24)(H,21,23). The Morgan fingerprint density at radius 2 is 1.92 bits per heavy atom. The van der Waals surface area contributed by atoms with Gasteiger partial charge in [0.1, 0.15) is 5.69 Å². The molecular formula is C18H18N4O2S. The van der Waals surface area contributed by atoms with Crippen molar-refractivity contribution in [2.24, 2.45) is 0 Å². The zero-order valence-electron chi connectivity index (χ0n) is 14.2. The average Bonchev–Trinajstić information content (AvgIpc) is 3.00. The molecule has 0 aliphatic rings. The first kappa shape index (κ1) is 17.0. The van der Waals surface area contributed by atoms with Crippen molar-refractivity contribution in [3.63, 3.8) is 0 Å². The van der Waals surface area contributed by atoms with Crippen molar-refractivity contribution in [2.45, 2.75) is 26.8 Å². The molecular weight excluding hydrogens is 336 g/mol. The molecule has 0 unspecified atom stereocenters. The minimum atomic E-state index is -0.259. The van der Waals surface area contributed by atoms with Crippen LogP contribution in [0.25, 0.3) is 21.8 Å². The van der Waals surface area contributed by atoms with E-state index in [0.717, 1.165) is 16.0 Å². The third-order valence-electron chi connectivity index (χ3n) is 3.50. The van der Waals surface area contributed by atoms with Gasteiger partial charge in [0, 0.05) is 17.7 Å². The van der Waals surface area contributed by atoms with Crippen molar-refractivity contribution in [1.29, 1.82) is 0 Å². The van der Waals surface area contributed by atoms with Crippen LogP contribution >= 0.6 is 11.3 Å². The maximum atomic E-state index is 12.4. The number of H-pyrrole nitrogens is 1. The molecule has 3 rings (SSSR count). The van der Waals surface area contributed by atoms with Gasteiger partial charge in [-0.25, -0.2) is 10.1 Å². The normalized spacial score (nSPS) is 10.9. The summed E-state index contributed by atoms with van der Waals surface area (Å²) in [7, 11) is 0. The number of hydrogen-bond donors (Lipinski definition) is 2. The lowest BCUT2D eigenvalue weighted by Crippen LogP contribution is -2.29. The minimum Gasteiger partial charge on any atom is -0.348 e. The molecule has 0 saturated heterocycles. The van der Waals surface area contributed by atoms with Crippen LogP contribution < -0.4 is 10.9 Å². The Morgan fingerprint density at radius 3 is 2.56 bits per heavy atom. The highest BCUT2D eigenvalue weighted by atomic mass is 32.1. The number of hydrogen-bond acceptors (Lipinski definition) is 5. The fraction of sp³-hybridized carbons (Fsp3) is 0.222. The van der Waals surface area contributed by atoms with Crippen LogP contribution in [0.3, 0.4) is 0 Å². The van der Waals surface area contributed by atoms with Gasteiger partial charge in [-0.2, -0.15) is 5.10 Å². The van der Waals surface area contributed by atoms with Crippen LogP contribution in [-0.4, -0.2) is 27.1 Å². The Morgan fingerprint density at radius 1 is 1.20 bits per heavy atom. The Balaban J connectivity index is 2.17. The Hall–Kier alpha value is -2.80. The summed E-state index contributed by atoms with van der Waals surface area (Å²) < 4.78 is 0. The van der Waals surface area contributed by atoms with Crippen LogP contribution in [0.15, 0.2) is 41.2 Å². The molecule has 7 heteroatoms. The van der Waals surface area contributed by atoms with Crippen molar-refractivity contribution in [3.8, 4) is 21.8 Å². The number of carbonyl (C=O) groups excluding carboxylic acids is 1. The quantitative estimate of drug-likeness (QED) is 0.754. The van der Waals surface area contributed by atoms with E-state index < -0.39 is 0 Å². The van der Waals surface area contributed by atoms with Gasteiger partial charge in [-0.15, -0.1) is 11.3 Å². The maximum absolute atomic E-state index is 12.4. The molecule has 2 aromatic heterocycles. The Bertz CT molecular complexity index is 961. The number of benzene rings is 1. The van der Waals surface area contributed by atoms with Crippen LogP contribution in [0.1, 0.15) is 29.2 Å². The number of thiazole rings is 1. The van der Waals surface area contributed by atoms with Gasteiger partial charge < -0.3 is 5.32 Å². The molecule has 1 amide bonds. The van der Waals surface area contributed by atoms with Gasteiger partial charge in [0.25, 0.3) is 11.5 Å². The molecule has 1 aromatic carbocycles.